The minimum absolute atomic E-state index is 0.259. The lowest BCUT2D eigenvalue weighted by atomic mass is 10.2. The van der Waals surface area contributed by atoms with Gasteiger partial charge in [0.2, 0.25) is 0 Å². The van der Waals surface area contributed by atoms with Crippen molar-refractivity contribution < 1.29 is 4.79 Å². The minimum Gasteiger partial charge on any atom is -0.378 e. The first-order valence-electron chi connectivity index (χ1n) is 6.60. The molecule has 2 aromatic rings. The van der Waals surface area contributed by atoms with Crippen LogP contribution in [0, 0.1) is 0 Å². The number of aryl methyl sites for hydroxylation is 1. The molecule has 1 atom stereocenters. The Bertz CT molecular complexity index is 577. The monoisotopic (exact) mass is 289 g/mol. The van der Waals surface area contributed by atoms with Crippen molar-refractivity contribution in [1.82, 2.24) is 0 Å². The molecule has 1 heterocycles. The van der Waals surface area contributed by atoms with Gasteiger partial charge in [-0.1, -0.05) is 6.92 Å². The SMILES string of the molecule is CCc1ccc(C(C)Nc2ccc(NC(N)=O)cc2)s1. The molecule has 1 aromatic heterocycles. The number of nitrogens with two attached hydrogens (primary N) is 1. The van der Waals surface area contributed by atoms with E-state index < -0.39 is 6.03 Å². The number of anilines is 2. The average molecular weight is 289 g/mol. The van der Waals surface area contributed by atoms with Gasteiger partial charge in [0.25, 0.3) is 0 Å². The zero-order valence-electron chi connectivity index (χ0n) is 11.6. The zero-order valence-corrected chi connectivity index (χ0v) is 12.5. The number of primary amides is 1. The van der Waals surface area contributed by atoms with Crippen molar-refractivity contribution in [2.24, 2.45) is 5.73 Å². The minimum atomic E-state index is -0.551. The Kier molecular flexibility index (Phi) is 4.63. The van der Waals surface area contributed by atoms with Crippen LogP contribution in [0.15, 0.2) is 36.4 Å². The third-order valence-corrected chi connectivity index (χ3v) is 4.41. The second-order valence-electron chi connectivity index (χ2n) is 4.59. The first-order valence-corrected chi connectivity index (χ1v) is 7.41. The van der Waals surface area contributed by atoms with Crippen molar-refractivity contribution in [3.63, 3.8) is 0 Å². The van der Waals surface area contributed by atoms with Gasteiger partial charge in [0.1, 0.15) is 0 Å². The molecule has 0 aliphatic carbocycles. The molecule has 20 heavy (non-hydrogen) atoms. The molecule has 0 fully saturated rings. The molecule has 4 nitrogen and oxygen atoms in total. The second kappa shape index (κ2) is 6.43. The quantitative estimate of drug-likeness (QED) is 0.779. The van der Waals surface area contributed by atoms with Gasteiger partial charge in [0, 0.05) is 21.1 Å². The molecular formula is C15H19N3OS. The number of hydrogen-bond acceptors (Lipinski definition) is 3. The van der Waals surface area contributed by atoms with E-state index in [9.17, 15) is 4.79 Å². The zero-order chi connectivity index (χ0) is 14.5. The molecule has 0 bridgehead atoms. The Morgan fingerprint density at radius 3 is 2.40 bits per heavy atom. The number of rotatable bonds is 5. The van der Waals surface area contributed by atoms with Gasteiger partial charge in [-0.25, -0.2) is 4.79 Å². The smallest absolute Gasteiger partial charge is 0.316 e. The van der Waals surface area contributed by atoms with E-state index in [-0.39, 0.29) is 6.04 Å². The Labute approximate surface area is 123 Å². The topological polar surface area (TPSA) is 67.2 Å². The molecule has 4 N–H and O–H groups in total. The summed E-state index contributed by atoms with van der Waals surface area (Å²) in [4.78, 5) is 13.5. The summed E-state index contributed by atoms with van der Waals surface area (Å²) in [5.41, 5.74) is 6.78. The molecule has 0 radical (unpaired) electrons. The van der Waals surface area contributed by atoms with Crippen LogP contribution < -0.4 is 16.4 Å². The van der Waals surface area contributed by atoms with Crippen LogP contribution in [0.4, 0.5) is 16.2 Å². The van der Waals surface area contributed by atoms with Gasteiger partial charge in [-0.05, 0) is 49.7 Å². The lowest BCUT2D eigenvalue weighted by Crippen LogP contribution is -2.19. The van der Waals surface area contributed by atoms with Crippen LogP contribution in [0.3, 0.4) is 0 Å². The van der Waals surface area contributed by atoms with Gasteiger partial charge < -0.3 is 16.4 Å². The molecule has 5 heteroatoms. The van der Waals surface area contributed by atoms with Crippen LogP contribution in [-0.2, 0) is 6.42 Å². The highest BCUT2D eigenvalue weighted by molar-refractivity contribution is 7.12. The molecule has 0 aliphatic rings. The molecule has 1 aromatic carbocycles. The van der Waals surface area contributed by atoms with Crippen LogP contribution in [0.5, 0.6) is 0 Å². The van der Waals surface area contributed by atoms with Gasteiger partial charge in [0.05, 0.1) is 6.04 Å². The van der Waals surface area contributed by atoms with Crippen molar-refractivity contribution in [2.45, 2.75) is 26.3 Å². The lowest BCUT2D eigenvalue weighted by Gasteiger charge is -2.14. The predicted octanol–water partition coefficient (Wildman–Crippen LogP) is 3.97. The largest absolute Gasteiger partial charge is 0.378 e. The standard InChI is InChI=1S/C15H19N3OS/c1-3-13-8-9-14(20-13)10(2)17-11-4-6-12(7-5-11)18-15(16)19/h4-10,17H,3H2,1-2H3,(H3,16,18,19). The van der Waals surface area contributed by atoms with E-state index in [2.05, 4.69) is 36.6 Å². The maximum atomic E-state index is 10.7. The second-order valence-corrected chi connectivity index (χ2v) is 5.79. The summed E-state index contributed by atoms with van der Waals surface area (Å²) in [6.07, 6.45) is 1.07. The van der Waals surface area contributed by atoms with Crippen LogP contribution >= 0.6 is 11.3 Å². The Balaban J connectivity index is 2.00. The van der Waals surface area contributed by atoms with E-state index in [4.69, 9.17) is 5.73 Å². The fourth-order valence-corrected chi connectivity index (χ4v) is 2.89. The van der Waals surface area contributed by atoms with Crippen LogP contribution in [0.1, 0.15) is 29.6 Å². The predicted molar refractivity (Wildman–Crippen MR) is 85.4 cm³/mol. The summed E-state index contributed by atoms with van der Waals surface area (Å²) in [6, 6.07) is 11.6. The molecule has 2 rings (SSSR count). The van der Waals surface area contributed by atoms with E-state index in [1.165, 1.54) is 9.75 Å². The number of carbonyl (C=O) groups is 1. The highest BCUT2D eigenvalue weighted by Crippen LogP contribution is 2.26. The van der Waals surface area contributed by atoms with Gasteiger partial charge in [-0.15, -0.1) is 11.3 Å². The fraction of sp³-hybridized carbons (Fsp3) is 0.267. The molecule has 0 aliphatic heterocycles. The number of hydrogen-bond donors (Lipinski definition) is 3. The summed E-state index contributed by atoms with van der Waals surface area (Å²) in [6.45, 7) is 4.30. The molecule has 1 unspecified atom stereocenters. The number of nitrogens with one attached hydrogen (secondary N) is 2. The molecule has 0 spiro atoms. The Morgan fingerprint density at radius 1 is 1.20 bits per heavy atom. The molecule has 0 saturated carbocycles. The number of thiophene rings is 1. The van der Waals surface area contributed by atoms with Crippen molar-refractivity contribution in [3.8, 4) is 0 Å². The lowest BCUT2D eigenvalue weighted by molar-refractivity contribution is 0.259. The molecular weight excluding hydrogens is 270 g/mol. The number of amides is 2. The van der Waals surface area contributed by atoms with Crippen molar-refractivity contribution in [2.75, 3.05) is 10.6 Å². The highest BCUT2D eigenvalue weighted by Gasteiger charge is 2.08. The van der Waals surface area contributed by atoms with E-state index in [1.54, 1.807) is 0 Å². The first-order chi connectivity index (χ1) is 9.58. The number of benzene rings is 1. The normalized spacial score (nSPS) is 11.9. The number of carbonyl (C=O) groups excluding carboxylic acids is 1. The van der Waals surface area contributed by atoms with E-state index in [1.807, 2.05) is 35.6 Å². The molecule has 0 saturated heterocycles. The van der Waals surface area contributed by atoms with Crippen LogP contribution in [0.25, 0.3) is 0 Å². The molecule has 2 amide bonds. The van der Waals surface area contributed by atoms with Gasteiger partial charge in [0.15, 0.2) is 0 Å². The van der Waals surface area contributed by atoms with Crippen LogP contribution in [-0.4, -0.2) is 6.03 Å². The average Bonchev–Trinajstić information content (AvgIpc) is 2.89. The van der Waals surface area contributed by atoms with Gasteiger partial charge >= 0.3 is 6.03 Å². The Morgan fingerprint density at radius 2 is 1.85 bits per heavy atom. The van der Waals surface area contributed by atoms with Gasteiger partial charge in [-0.2, -0.15) is 0 Å². The maximum Gasteiger partial charge on any atom is 0.316 e. The third kappa shape index (κ3) is 3.74. The van der Waals surface area contributed by atoms with Crippen molar-refractivity contribution >= 4 is 28.7 Å². The first kappa shape index (κ1) is 14.4. The van der Waals surface area contributed by atoms with Crippen molar-refractivity contribution in [3.05, 3.63) is 46.2 Å². The summed E-state index contributed by atoms with van der Waals surface area (Å²) < 4.78 is 0. The third-order valence-electron chi connectivity index (χ3n) is 2.99. The highest BCUT2D eigenvalue weighted by atomic mass is 32.1. The van der Waals surface area contributed by atoms with Crippen molar-refractivity contribution in [1.29, 1.82) is 0 Å². The fourth-order valence-electron chi connectivity index (χ4n) is 1.93. The van der Waals surface area contributed by atoms with Crippen LogP contribution in [0.2, 0.25) is 0 Å². The summed E-state index contributed by atoms with van der Waals surface area (Å²) in [5, 5.41) is 5.98. The van der Waals surface area contributed by atoms with E-state index in [0.717, 1.165) is 12.1 Å². The number of urea groups is 1. The maximum absolute atomic E-state index is 10.7. The Hall–Kier alpha value is -2.01. The van der Waals surface area contributed by atoms with E-state index >= 15 is 0 Å². The summed E-state index contributed by atoms with van der Waals surface area (Å²) >= 11 is 1.84. The summed E-state index contributed by atoms with van der Waals surface area (Å²) in [7, 11) is 0. The van der Waals surface area contributed by atoms with Gasteiger partial charge in [-0.3, -0.25) is 0 Å². The summed E-state index contributed by atoms with van der Waals surface area (Å²) in [5.74, 6) is 0. The van der Waals surface area contributed by atoms with E-state index in [0.29, 0.717) is 5.69 Å². The molecule has 106 valence electrons.